The monoisotopic (exact) mass is 372 g/mol. The number of carbonyl (C=O) groups excluding carboxylic acids is 2. The summed E-state index contributed by atoms with van der Waals surface area (Å²) in [4.78, 5) is 29.4. The zero-order chi connectivity index (χ0) is 19.7. The average molecular weight is 372 g/mol. The standard InChI is InChI=1S/C20H28N4O3/c1-11(2)17-8-15(16-9-21-24(12(3)4)19(16)23-17)20(26)27-10-18(25)22-13(5)14-6-7-14/h8-9,11-14H,6-7,10H2,1-5H3,(H,22,25)/t13-/m1/s1. The van der Waals surface area contributed by atoms with E-state index in [1.54, 1.807) is 16.9 Å². The summed E-state index contributed by atoms with van der Waals surface area (Å²) in [5, 5.41) is 7.90. The Bertz CT molecular complexity index is 852. The molecule has 1 saturated carbocycles. The van der Waals surface area contributed by atoms with E-state index in [2.05, 4.69) is 15.4 Å². The molecule has 2 aromatic heterocycles. The van der Waals surface area contributed by atoms with Crippen LogP contribution in [0.2, 0.25) is 0 Å². The zero-order valence-electron chi connectivity index (χ0n) is 16.7. The third-order valence-electron chi connectivity index (χ3n) is 4.94. The molecule has 2 aromatic rings. The molecule has 0 bridgehead atoms. The van der Waals surface area contributed by atoms with E-state index in [4.69, 9.17) is 4.74 Å². The van der Waals surface area contributed by atoms with Gasteiger partial charge in [0.1, 0.15) is 0 Å². The van der Waals surface area contributed by atoms with Crippen LogP contribution in [0.15, 0.2) is 12.3 Å². The Morgan fingerprint density at radius 3 is 2.56 bits per heavy atom. The molecule has 7 nitrogen and oxygen atoms in total. The van der Waals surface area contributed by atoms with Gasteiger partial charge < -0.3 is 10.1 Å². The molecular formula is C20H28N4O3. The van der Waals surface area contributed by atoms with Crippen LogP contribution >= 0.6 is 0 Å². The van der Waals surface area contributed by atoms with Crippen molar-refractivity contribution in [3.63, 3.8) is 0 Å². The van der Waals surface area contributed by atoms with E-state index in [0.29, 0.717) is 22.5 Å². The number of amides is 1. The largest absolute Gasteiger partial charge is 0.452 e. The van der Waals surface area contributed by atoms with Crippen LogP contribution in [-0.2, 0) is 9.53 Å². The summed E-state index contributed by atoms with van der Waals surface area (Å²) < 4.78 is 7.08. The molecule has 1 amide bonds. The van der Waals surface area contributed by atoms with Crippen LogP contribution in [0.5, 0.6) is 0 Å². The number of hydrogen-bond acceptors (Lipinski definition) is 5. The number of pyridine rings is 1. The first-order valence-electron chi connectivity index (χ1n) is 9.62. The fraction of sp³-hybridized carbons (Fsp3) is 0.600. The number of nitrogens with zero attached hydrogens (tertiary/aromatic N) is 3. The van der Waals surface area contributed by atoms with Crippen molar-refractivity contribution >= 4 is 22.9 Å². The lowest BCUT2D eigenvalue weighted by molar-refractivity contribution is -0.124. The third-order valence-corrected chi connectivity index (χ3v) is 4.94. The molecule has 0 aromatic carbocycles. The van der Waals surface area contributed by atoms with Crippen molar-refractivity contribution in [3.8, 4) is 0 Å². The van der Waals surface area contributed by atoms with Gasteiger partial charge >= 0.3 is 5.97 Å². The lowest BCUT2D eigenvalue weighted by atomic mass is 10.1. The molecule has 0 radical (unpaired) electrons. The lowest BCUT2D eigenvalue weighted by Gasteiger charge is -2.14. The van der Waals surface area contributed by atoms with Gasteiger partial charge in [0.2, 0.25) is 0 Å². The fourth-order valence-electron chi connectivity index (χ4n) is 3.10. The molecule has 0 aliphatic heterocycles. The Morgan fingerprint density at radius 2 is 1.96 bits per heavy atom. The molecule has 1 fully saturated rings. The summed E-state index contributed by atoms with van der Waals surface area (Å²) in [5.74, 6) is -0.0871. The number of esters is 1. The topological polar surface area (TPSA) is 86.1 Å². The maximum atomic E-state index is 12.7. The Labute approximate surface area is 159 Å². The quantitative estimate of drug-likeness (QED) is 0.754. The highest BCUT2D eigenvalue weighted by atomic mass is 16.5. The average Bonchev–Trinajstić information content (AvgIpc) is 3.37. The van der Waals surface area contributed by atoms with Gasteiger partial charge in [-0.3, -0.25) is 4.79 Å². The SMILES string of the molecule is CC(C)c1cc(C(=O)OCC(=O)N[C@H](C)C2CC2)c2cnn(C(C)C)c2n1. The van der Waals surface area contributed by atoms with Crippen LogP contribution in [-0.4, -0.2) is 39.3 Å². The summed E-state index contributed by atoms with van der Waals surface area (Å²) in [7, 11) is 0. The summed E-state index contributed by atoms with van der Waals surface area (Å²) in [5.41, 5.74) is 1.86. The normalized spacial score (nSPS) is 15.4. The summed E-state index contributed by atoms with van der Waals surface area (Å²) in [6, 6.07) is 1.99. The predicted molar refractivity (Wildman–Crippen MR) is 103 cm³/mol. The second kappa shape index (κ2) is 7.66. The summed E-state index contributed by atoms with van der Waals surface area (Å²) in [6.45, 7) is 9.77. The van der Waals surface area contributed by atoms with Gasteiger partial charge in [0.25, 0.3) is 5.91 Å². The Hall–Kier alpha value is -2.44. The van der Waals surface area contributed by atoms with Gasteiger partial charge in [-0.25, -0.2) is 14.5 Å². The zero-order valence-corrected chi connectivity index (χ0v) is 16.7. The molecule has 0 spiro atoms. The highest BCUT2D eigenvalue weighted by Crippen LogP contribution is 2.32. The predicted octanol–water partition coefficient (Wildman–Crippen LogP) is 3.21. The molecule has 1 aliphatic rings. The van der Waals surface area contributed by atoms with Crippen molar-refractivity contribution in [1.82, 2.24) is 20.1 Å². The highest BCUT2D eigenvalue weighted by Gasteiger charge is 2.29. The van der Waals surface area contributed by atoms with Crippen molar-refractivity contribution in [2.45, 2.75) is 65.5 Å². The minimum Gasteiger partial charge on any atom is -0.452 e. The Balaban J connectivity index is 1.79. The number of carbonyl (C=O) groups is 2. The molecule has 1 N–H and O–H groups in total. The summed E-state index contributed by atoms with van der Waals surface area (Å²) >= 11 is 0. The minimum atomic E-state index is -0.526. The number of hydrogen-bond donors (Lipinski definition) is 1. The molecule has 0 saturated heterocycles. The molecule has 27 heavy (non-hydrogen) atoms. The van der Waals surface area contributed by atoms with E-state index >= 15 is 0 Å². The molecule has 146 valence electrons. The molecule has 3 rings (SSSR count). The lowest BCUT2D eigenvalue weighted by Crippen LogP contribution is -2.37. The Morgan fingerprint density at radius 1 is 1.26 bits per heavy atom. The van der Waals surface area contributed by atoms with Gasteiger partial charge in [0.15, 0.2) is 12.3 Å². The van der Waals surface area contributed by atoms with Crippen molar-refractivity contribution in [1.29, 1.82) is 0 Å². The van der Waals surface area contributed by atoms with Crippen LogP contribution in [0.1, 0.15) is 75.5 Å². The van der Waals surface area contributed by atoms with Gasteiger partial charge in [-0.05, 0) is 51.5 Å². The first kappa shape index (κ1) is 19.3. The van der Waals surface area contributed by atoms with Crippen LogP contribution in [0.4, 0.5) is 0 Å². The van der Waals surface area contributed by atoms with Crippen molar-refractivity contribution < 1.29 is 14.3 Å². The van der Waals surface area contributed by atoms with Crippen LogP contribution in [0.3, 0.4) is 0 Å². The van der Waals surface area contributed by atoms with Crippen LogP contribution < -0.4 is 5.32 Å². The maximum Gasteiger partial charge on any atom is 0.339 e. The van der Waals surface area contributed by atoms with E-state index in [1.165, 1.54) is 0 Å². The van der Waals surface area contributed by atoms with E-state index < -0.39 is 5.97 Å². The maximum absolute atomic E-state index is 12.7. The second-order valence-corrected chi connectivity index (χ2v) is 7.94. The number of nitrogens with one attached hydrogen (secondary N) is 1. The molecule has 7 heteroatoms. The van der Waals surface area contributed by atoms with Gasteiger partial charge in [-0.1, -0.05) is 13.8 Å². The van der Waals surface area contributed by atoms with Crippen LogP contribution in [0, 0.1) is 5.92 Å². The number of ether oxygens (including phenoxy) is 1. The number of aromatic nitrogens is 3. The molecule has 2 heterocycles. The molecular weight excluding hydrogens is 344 g/mol. The van der Waals surface area contributed by atoms with Gasteiger partial charge in [0, 0.05) is 17.8 Å². The van der Waals surface area contributed by atoms with Crippen LogP contribution in [0.25, 0.3) is 11.0 Å². The Kier molecular flexibility index (Phi) is 5.48. The first-order chi connectivity index (χ1) is 12.8. The fourth-order valence-corrected chi connectivity index (χ4v) is 3.10. The van der Waals surface area contributed by atoms with Crippen molar-refractivity contribution in [2.24, 2.45) is 5.92 Å². The van der Waals surface area contributed by atoms with Crippen molar-refractivity contribution in [2.75, 3.05) is 6.61 Å². The molecule has 1 aliphatic carbocycles. The highest BCUT2D eigenvalue weighted by molar-refractivity contribution is 6.03. The molecule has 0 unspecified atom stereocenters. The van der Waals surface area contributed by atoms with E-state index in [0.717, 1.165) is 18.5 Å². The smallest absolute Gasteiger partial charge is 0.339 e. The van der Waals surface area contributed by atoms with Gasteiger partial charge in [0.05, 0.1) is 17.1 Å². The van der Waals surface area contributed by atoms with E-state index in [9.17, 15) is 9.59 Å². The molecule has 1 atom stereocenters. The van der Waals surface area contributed by atoms with Gasteiger partial charge in [-0.15, -0.1) is 0 Å². The first-order valence-corrected chi connectivity index (χ1v) is 9.62. The van der Waals surface area contributed by atoms with E-state index in [-0.39, 0.29) is 30.5 Å². The van der Waals surface area contributed by atoms with Crippen molar-refractivity contribution in [3.05, 3.63) is 23.5 Å². The third kappa shape index (κ3) is 4.28. The minimum absolute atomic E-state index is 0.121. The number of fused-ring (bicyclic) bond motifs is 1. The van der Waals surface area contributed by atoms with E-state index in [1.807, 2.05) is 34.6 Å². The second-order valence-electron chi connectivity index (χ2n) is 7.94. The van der Waals surface area contributed by atoms with Gasteiger partial charge in [-0.2, -0.15) is 5.10 Å². The summed E-state index contributed by atoms with van der Waals surface area (Å²) in [6.07, 6.45) is 3.93. The number of rotatable bonds is 7.